The van der Waals surface area contributed by atoms with Gasteiger partial charge in [0.15, 0.2) is 5.16 Å². The van der Waals surface area contributed by atoms with Crippen molar-refractivity contribution in [3.05, 3.63) is 66.0 Å². The molecule has 1 N–H and O–H groups in total. The summed E-state index contributed by atoms with van der Waals surface area (Å²) in [5.74, 6) is 1.89. The molecule has 0 aliphatic carbocycles. The quantitative estimate of drug-likeness (QED) is 0.547. The lowest BCUT2D eigenvalue weighted by Crippen LogP contribution is -2.41. The van der Waals surface area contributed by atoms with E-state index in [1.54, 1.807) is 0 Å². The number of carbonyl (C=O) groups excluding carboxylic acids is 1. The molecule has 3 rings (SSSR count). The number of nitrogens with one attached hydrogen (secondary N) is 1. The van der Waals surface area contributed by atoms with E-state index in [1.807, 2.05) is 74.7 Å². The summed E-state index contributed by atoms with van der Waals surface area (Å²) in [6, 6.07) is 18.0. The average Bonchev–Trinajstić information content (AvgIpc) is 3.09. The van der Waals surface area contributed by atoms with Crippen LogP contribution in [0.2, 0.25) is 0 Å². The van der Waals surface area contributed by atoms with Crippen LogP contribution in [0.3, 0.4) is 0 Å². The van der Waals surface area contributed by atoms with E-state index in [0.717, 1.165) is 22.8 Å². The number of amides is 1. The van der Waals surface area contributed by atoms with Gasteiger partial charge in [0, 0.05) is 17.6 Å². The van der Waals surface area contributed by atoms with Crippen LogP contribution in [0, 0.1) is 0 Å². The van der Waals surface area contributed by atoms with Crippen LogP contribution < -0.4 is 10.1 Å². The lowest BCUT2D eigenvalue weighted by Gasteiger charge is -2.20. The van der Waals surface area contributed by atoms with E-state index in [9.17, 15) is 4.79 Å². The molecule has 0 aliphatic heterocycles. The smallest absolute Gasteiger partial charge is 0.230 e. The first kappa shape index (κ1) is 21.9. The van der Waals surface area contributed by atoms with Gasteiger partial charge in [0.05, 0.1) is 12.4 Å². The van der Waals surface area contributed by atoms with Gasteiger partial charge in [0.2, 0.25) is 5.91 Å². The van der Waals surface area contributed by atoms with Crippen LogP contribution in [-0.2, 0) is 11.2 Å². The molecule has 7 heteroatoms. The standard InChI is InChI=1S/C23H28N4O2S/c1-5-29-19-13-11-18(12-14-19)27-20(15-17-9-7-6-8-10-17)25-26-22(27)30-16-21(28)24-23(2,3)4/h6-14H,5,15-16H2,1-4H3,(H,24,28). The van der Waals surface area contributed by atoms with E-state index in [0.29, 0.717) is 18.2 Å². The van der Waals surface area contributed by atoms with Gasteiger partial charge in [0.25, 0.3) is 0 Å². The molecule has 1 heterocycles. The number of thioether (sulfide) groups is 1. The van der Waals surface area contributed by atoms with Gasteiger partial charge in [-0.05, 0) is 57.5 Å². The number of ether oxygens (including phenoxy) is 1. The molecule has 0 saturated carbocycles. The Kier molecular flexibility index (Phi) is 7.15. The number of benzene rings is 2. The predicted octanol–water partition coefficient (Wildman–Crippen LogP) is 4.26. The van der Waals surface area contributed by atoms with Gasteiger partial charge in [0.1, 0.15) is 11.6 Å². The lowest BCUT2D eigenvalue weighted by atomic mass is 10.1. The van der Waals surface area contributed by atoms with E-state index < -0.39 is 0 Å². The fourth-order valence-electron chi connectivity index (χ4n) is 2.99. The number of hydrogen-bond acceptors (Lipinski definition) is 5. The Bertz CT molecular complexity index is 963. The molecule has 0 radical (unpaired) electrons. The van der Waals surface area contributed by atoms with E-state index in [2.05, 4.69) is 27.6 Å². The summed E-state index contributed by atoms with van der Waals surface area (Å²) in [5.41, 5.74) is 1.83. The molecule has 2 aromatic carbocycles. The normalized spacial score (nSPS) is 11.3. The molecule has 1 aromatic heterocycles. The first-order chi connectivity index (χ1) is 14.4. The molecule has 30 heavy (non-hydrogen) atoms. The van der Waals surface area contributed by atoms with Gasteiger partial charge >= 0.3 is 0 Å². The van der Waals surface area contributed by atoms with Gasteiger partial charge in [-0.3, -0.25) is 9.36 Å². The summed E-state index contributed by atoms with van der Waals surface area (Å²) in [6.07, 6.45) is 0.649. The molecule has 3 aromatic rings. The third kappa shape index (κ3) is 6.10. The maximum absolute atomic E-state index is 12.3. The van der Waals surface area contributed by atoms with Crippen LogP contribution in [0.4, 0.5) is 0 Å². The first-order valence-electron chi connectivity index (χ1n) is 10.0. The maximum Gasteiger partial charge on any atom is 0.230 e. The Balaban J connectivity index is 1.87. The van der Waals surface area contributed by atoms with Crippen LogP contribution in [0.5, 0.6) is 5.75 Å². The summed E-state index contributed by atoms with van der Waals surface area (Å²) in [5, 5.41) is 12.5. The Labute approximate surface area is 182 Å². The molecular weight excluding hydrogens is 396 g/mol. The molecule has 1 amide bonds. The zero-order valence-electron chi connectivity index (χ0n) is 17.9. The number of nitrogens with zero attached hydrogens (tertiary/aromatic N) is 3. The van der Waals surface area contributed by atoms with Crippen LogP contribution >= 0.6 is 11.8 Å². The largest absolute Gasteiger partial charge is 0.494 e. The average molecular weight is 425 g/mol. The van der Waals surface area contributed by atoms with Gasteiger partial charge < -0.3 is 10.1 Å². The third-order valence-corrected chi connectivity index (χ3v) is 5.09. The highest BCUT2D eigenvalue weighted by Gasteiger charge is 2.18. The molecular formula is C23H28N4O2S. The van der Waals surface area contributed by atoms with Crippen molar-refractivity contribution in [1.82, 2.24) is 20.1 Å². The minimum absolute atomic E-state index is 0.0293. The second-order valence-corrected chi connectivity index (χ2v) is 8.85. The summed E-state index contributed by atoms with van der Waals surface area (Å²) >= 11 is 1.38. The van der Waals surface area contributed by atoms with E-state index in [1.165, 1.54) is 11.8 Å². The summed E-state index contributed by atoms with van der Waals surface area (Å²) in [4.78, 5) is 12.3. The highest BCUT2D eigenvalue weighted by atomic mass is 32.2. The highest BCUT2D eigenvalue weighted by molar-refractivity contribution is 7.99. The molecule has 0 fully saturated rings. The molecule has 0 unspecified atom stereocenters. The molecule has 158 valence electrons. The summed E-state index contributed by atoms with van der Waals surface area (Å²) in [7, 11) is 0. The van der Waals surface area contributed by atoms with E-state index >= 15 is 0 Å². The SMILES string of the molecule is CCOc1ccc(-n2c(Cc3ccccc3)nnc2SCC(=O)NC(C)(C)C)cc1. The van der Waals surface area contributed by atoms with Crippen molar-refractivity contribution in [1.29, 1.82) is 0 Å². The van der Waals surface area contributed by atoms with Crippen LogP contribution in [0.25, 0.3) is 5.69 Å². The lowest BCUT2D eigenvalue weighted by molar-refractivity contribution is -0.119. The van der Waals surface area contributed by atoms with Crippen molar-refractivity contribution in [3.8, 4) is 11.4 Å². The molecule has 0 saturated heterocycles. The van der Waals surface area contributed by atoms with Gasteiger partial charge in [-0.25, -0.2) is 0 Å². The zero-order valence-corrected chi connectivity index (χ0v) is 18.7. The Morgan fingerprint density at radius 2 is 1.77 bits per heavy atom. The number of aromatic nitrogens is 3. The van der Waals surface area contributed by atoms with Gasteiger partial charge in [-0.2, -0.15) is 0 Å². The number of rotatable bonds is 8. The van der Waals surface area contributed by atoms with Crippen molar-refractivity contribution in [3.63, 3.8) is 0 Å². The van der Waals surface area contributed by atoms with Crippen LogP contribution in [0.1, 0.15) is 39.1 Å². The summed E-state index contributed by atoms with van der Waals surface area (Å²) < 4.78 is 7.57. The molecule has 0 aliphatic rings. The fourth-order valence-corrected chi connectivity index (χ4v) is 3.76. The molecule has 0 bridgehead atoms. The summed E-state index contributed by atoms with van der Waals surface area (Å²) in [6.45, 7) is 8.49. The minimum atomic E-state index is -0.265. The predicted molar refractivity (Wildman–Crippen MR) is 120 cm³/mol. The molecule has 0 spiro atoms. The van der Waals surface area contributed by atoms with E-state index in [-0.39, 0.29) is 17.2 Å². The Hall–Kier alpha value is -2.80. The third-order valence-electron chi connectivity index (χ3n) is 4.16. The van der Waals surface area contributed by atoms with Crippen molar-refractivity contribution in [2.24, 2.45) is 0 Å². The van der Waals surface area contributed by atoms with E-state index in [4.69, 9.17) is 4.74 Å². The van der Waals surface area contributed by atoms with Crippen molar-refractivity contribution in [2.75, 3.05) is 12.4 Å². The van der Waals surface area contributed by atoms with Gasteiger partial charge in [-0.1, -0.05) is 42.1 Å². The van der Waals surface area contributed by atoms with Crippen molar-refractivity contribution in [2.45, 2.75) is 44.8 Å². The van der Waals surface area contributed by atoms with Crippen molar-refractivity contribution >= 4 is 17.7 Å². The topological polar surface area (TPSA) is 69.0 Å². The molecule has 0 atom stereocenters. The Morgan fingerprint density at radius 1 is 1.07 bits per heavy atom. The number of carbonyl (C=O) groups is 1. The highest BCUT2D eigenvalue weighted by Crippen LogP contribution is 2.25. The zero-order chi connectivity index (χ0) is 21.6. The first-order valence-corrected chi connectivity index (χ1v) is 11.0. The molecule has 6 nitrogen and oxygen atoms in total. The number of hydrogen-bond donors (Lipinski definition) is 1. The maximum atomic E-state index is 12.3. The monoisotopic (exact) mass is 424 g/mol. The second-order valence-electron chi connectivity index (χ2n) is 7.91. The fraction of sp³-hybridized carbons (Fsp3) is 0.348. The second kappa shape index (κ2) is 9.80. The van der Waals surface area contributed by atoms with Crippen LogP contribution in [-0.4, -0.2) is 38.6 Å². The minimum Gasteiger partial charge on any atom is -0.494 e. The van der Waals surface area contributed by atoms with Gasteiger partial charge in [-0.15, -0.1) is 10.2 Å². The Morgan fingerprint density at radius 3 is 2.40 bits per heavy atom. The van der Waals surface area contributed by atoms with Crippen LogP contribution in [0.15, 0.2) is 59.8 Å². The van der Waals surface area contributed by atoms with Crippen molar-refractivity contribution < 1.29 is 9.53 Å².